The van der Waals surface area contributed by atoms with Crippen LogP contribution < -0.4 is 0 Å². The molecular weight excluding hydrogens is 727 g/mol. The molecular formula is C50H61NO7. The van der Waals surface area contributed by atoms with E-state index in [4.69, 9.17) is 9.47 Å². The summed E-state index contributed by atoms with van der Waals surface area (Å²) in [7, 11) is 0. The lowest BCUT2D eigenvalue weighted by Gasteiger charge is -2.71. The number of ketones is 1. The average molecular weight is 788 g/mol. The van der Waals surface area contributed by atoms with Crippen molar-refractivity contribution in [3.63, 3.8) is 0 Å². The Bertz CT molecular complexity index is 2120. The highest BCUT2D eigenvalue weighted by Gasteiger charge is 2.78. The maximum absolute atomic E-state index is 15.3. The first-order valence-electron chi connectivity index (χ1n) is 22.2. The Balaban J connectivity index is 1.04. The number of hydrogen-bond acceptors (Lipinski definition) is 7. The van der Waals surface area contributed by atoms with E-state index in [1.54, 1.807) is 0 Å². The van der Waals surface area contributed by atoms with Gasteiger partial charge in [-0.1, -0.05) is 101 Å². The molecule has 2 aromatic rings. The van der Waals surface area contributed by atoms with Crippen LogP contribution in [-0.2, 0) is 19.1 Å². The zero-order chi connectivity index (χ0) is 40.7. The summed E-state index contributed by atoms with van der Waals surface area (Å²) in [6.45, 7) is 11.7. The van der Waals surface area contributed by atoms with Crippen molar-refractivity contribution in [2.75, 3.05) is 19.7 Å². The highest BCUT2D eigenvalue weighted by molar-refractivity contribution is 6.10. The molecule has 4 saturated carbocycles. The van der Waals surface area contributed by atoms with Gasteiger partial charge in [0.15, 0.2) is 11.4 Å². The molecule has 11 rings (SSSR count). The van der Waals surface area contributed by atoms with E-state index < -0.39 is 44.4 Å². The minimum Gasteiger partial charge on any atom is -0.448 e. The van der Waals surface area contributed by atoms with Gasteiger partial charge in [-0.25, -0.2) is 0 Å². The summed E-state index contributed by atoms with van der Waals surface area (Å²) < 4.78 is 12.3. The summed E-state index contributed by atoms with van der Waals surface area (Å²) in [6, 6.07) is 18.2. The van der Waals surface area contributed by atoms with Gasteiger partial charge in [-0.05, 0) is 106 Å². The van der Waals surface area contributed by atoms with Crippen molar-refractivity contribution in [3.05, 3.63) is 84.0 Å². The maximum atomic E-state index is 15.3. The van der Waals surface area contributed by atoms with E-state index in [9.17, 15) is 15.0 Å². The summed E-state index contributed by atoms with van der Waals surface area (Å²) in [6.07, 6.45) is 14.2. The summed E-state index contributed by atoms with van der Waals surface area (Å²) in [4.78, 5) is 45.7. The Hall–Kier alpha value is -3.59. The zero-order valence-electron chi connectivity index (χ0n) is 35.0. The predicted octanol–water partition coefficient (Wildman–Crippen LogP) is 8.26. The standard InChI is InChI=1S/C50H61NO7/c1-43(2)46(5)23-26-50(43,58-42(46)55)41(54)51(30-36-12-9-27-57-36)31-48(56)22-19-39-45(48,4)21-18-38-44(3)20-17-35(52)28-47(44)24-25-49(38,39)37(29-47)40(53)34-15-13-33(14-16-34)32-10-7-6-8-11-32/h6-8,10-11,13-16,24-25,29,35-36,38-39,52,56H,9,12,17-23,26-28,30-31H2,1-5H3/t35?,36-,38-,39-,44-,45+,46+,47+,48-,49-,50-/m1/s1. The van der Waals surface area contributed by atoms with Crippen LogP contribution in [0, 0.1) is 44.3 Å². The van der Waals surface area contributed by atoms with Gasteiger partial charge < -0.3 is 24.6 Å². The molecule has 0 radical (unpaired) electrons. The second-order valence-corrected chi connectivity index (χ2v) is 21.1. The number of hydrogen-bond donors (Lipinski definition) is 2. The molecule has 2 saturated heterocycles. The molecule has 2 heterocycles. The average Bonchev–Trinajstić information content (AvgIpc) is 3.91. The Labute approximate surface area is 343 Å². The van der Waals surface area contributed by atoms with Gasteiger partial charge in [-0.3, -0.25) is 14.4 Å². The van der Waals surface area contributed by atoms with Crippen molar-refractivity contribution < 1.29 is 34.1 Å². The maximum Gasteiger partial charge on any atom is 0.313 e. The molecule has 8 nitrogen and oxygen atoms in total. The number of Topliss-reactive ketones (excluding diaryl/α,β-unsaturated/α-hetero) is 1. The lowest BCUT2D eigenvalue weighted by atomic mass is 9.32. The lowest BCUT2D eigenvalue weighted by Crippen LogP contribution is -2.68. The SMILES string of the molecule is CC1(C)[C@@]2(C)CC[C@]1(C(=O)N(C[C@H]1CCCO1)C[C@]1(O)CC[C@H]3[C@]45C=C[C@@]6(C=C4C(=O)c4ccc(-c7ccccc7)cc4)CC(O)CC[C@]6(C)[C@H]5CC[C@@]31C)OC2=O. The van der Waals surface area contributed by atoms with E-state index in [2.05, 4.69) is 44.2 Å². The predicted molar refractivity (Wildman–Crippen MR) is 220 cm³/mol. The molecule has 2 spiro atoms. The van der Waals surface area contributed by atoms with Crippen LogP contribution in [0.3, 0.4) is 0 Å². The summed E-state index contributed by atoms with van der Waals surface area (Å²) in [5.41, 5.74) is -2.23. The lowest BCUT2D eigenvalue weighted by molar-refractivity contribution is -0.188. The van der Waals surface area contributed by atoms with E-state index in [1.807, 2.05) is 68.1 Å². The number of allylic oxidation sites excluding steroid dienone is 4. The molecule has 0 aromatic heterocycles. The molecule has 2 N–H and O–H groups in total. The number of fused-ring (bicyclic) bond motifs is 3. The molecule has 308 valence electrons. The first-order chi connectivity index (χ1) is 27.5. The smallest absolute Gasteiger partial charge is 0.313 e. The van der Waals surface area contributed by atoms with Crippen LogP contribution >= 0.6 is 0 Å². The van der Waals surface area contributed by atoms with Gasteiger partial charge in [-0.2, -0.15) is 0 Å². The fourth-order valence-corrected chi connectivity index (χ4v) is 14.7. The number of ether oxygens (including phenoxy) is 2. The van der Waals surface area contributed by atoms with Gasteiger partial charge in [0.05, 0.1) is 29.8 Å². The second kappa shape index (κ2) is 12.5. The first kappa shape index (κ1) is 38.6. The normalized spacial score (nSPS) is 44.0. The Kier molecular flexibility index (Phi) is 8.31. The largest absolute Gasteiger partial charge is 0.448 e. The van der Waals surface area contributed by atoms with Gasteiger partial charge >= 0.3 is 5.97 Å². The summed E-state index contributed by atoms with van der Waals surface area (Å²) >= 11 is 0. The molecule has 4 bridgehead atoms. The third-order valence-corrected chi connectivity index (χ3v) is 18.8. The zero-order valence-corrected chi connectivity index (χ0v) is 35.0. The van der Waals surface area contributed by atoms with Gasteiger partial charge in [-0.15, -0.1) is 0 Å². The van der Waals surface area contributed by atoms with Gasteiger partial charge in [0, 0.05) is 45.9 Å². The highest BCUT2D eigenvalue weighted by Crippen LogP contribution is 2.78. The molecule has 9 aliphatic rings. The highest BCUT2D eigenvalue weighted by atomic mass is 16.6. The van der Waals surface area contributed by atoms with Crippen molar-refractivity contribution >= 4 is 17.7 Å². The second-order valence-electron chi connectivity index (χ2n) is 21.1. The third-order valence-electron chi connectivity index (χ3n) is 18.8. The van der Waals surface area contributed by atoms with Crippen molar-refractivity contribution in [1.82, 2.24) is 4.90 Å². The number of esters is 1. The minimum atomic E-state index is -1.29. The fraction of sp³-hybridized carbons (Fsp3) is 0.620. The Morgan fingerprint density at radius 3 is 2.17 bits per heavy atom. The number of carbonyl (C=O) groups is 3. The third kappa shape index (κ3) is 4.71. The molecule has 1 amide bonds. The van der Waals surface area contributed by atoms with Gasteiger partial charge in [0.25, 0.3) is 5.91 Å². The number of aliphatic hydroxyl groups is 2. The minimum absolute atomic E-state index is 0.0268. The van der Waals surface area contributed by atoms with Crippen LogP contribution in [0.1, 0.15) is 116 Å². The van der Waals surface area contributed by atoms with Crippen molar-refractivity contribution in [2.45, 2.75) is 129 Å². The van der Waals surface area contributed by atoms with Crippen LogP contribution in [0.25, 0.3) is 11.1 Å². The van der Waals surface area contributed by atoms with E-state index in [0.29, 0.717) is 50.8 Å². The van der Waals surface area contributed by atoms with Crippen molar-refractivity contribution in [1.29, 1.82) is 0 Å². The van der Waals surface area contributed by atoms with Crippen LogP contribution in [0.15, 0.2) is 78.4 Å². The number of carbonyl (C=O) groups excluding carboxylic acids is 3. The first-order valence-corrected chi connectivity index (χ1v) is 22.2. The number of aliphatic hydroxyl groups excluding tert-OH is 1. The molecule has 1 unspecified atom stereocenters. The van der Waals surface area contributed by atoms with Crippen LogP contribution in [0.2, 0.25) is 0 Å². The molecule has 6 fully saturated rings. The van der Waals surface area contributed by atoms with Crippen molar-refractivity contribution in [3.8, 4) is 11.1 Å². The van der Waals surface area contributed by atoms with Crippen LogP contribution in [0.5, 0.6) is 0 Å². The number of nitrogens with zero attached hydrogens (tertiary/aromatic N) is 1. The van der Waals surface area contributed by atoms with Gasteiger partial charge in [0.2, 0.25) is 0 Å². The topological polar surface area (TPSA) is 113 Å². The number of amides is 1. The Morgan fingerprint density at radius 1 is 0.810 bits per heavy atom. The summed E-state index contributed by atoms with van der Waals surface area (Å²) in [5, 5.41) is 24.6. The van der Waals surface area contributed by atoms with E-state index in [-0.39, 0.29) is 47.6 Å². The molecule has 2 aliphatic heterocycles. The molecule has 11 atom stereocenters. The number of benzene rings is 2. The van der Waals surface area contributed by atoms with Crippen LogP contribution in [-0.4, -0.2) is 75.9 Å². The molecule has 58 heavy (non-hydrogen) atoms. The van der Waals surface area contributed by atoms with Gasteiger partial charge in [0.1, 0.15) is 0 Å². The van der Waals surface area contributed by atoms with E-state index in [1.165, 1.54) is 0 Å². The summed E-state index contributed by atoms with van der Waals surface area (Å²) in [5.74, 6) is -0.395. The van der Waals surface area contributed by atoms with Crippen LogP contribution in [0.4, 0.5) is 0 Å². The Morgan fingerprint density at radius 2 is 1.50 bits per heavy atom. The fourth-order valence-electron chi connectivity index (χ4n) is 14.7. The van der Waals surface area contributed by atoms with E-state index in [0.717, 1.165) is 55.2 Å². The van der Waals surface area contributed by atoms with E-state index >= 15 is 9.59 Å². The quantitative estimate of drug-likeness (QED) is 0.157. The molecule has 2 aromatic carbocycles. The van der Waals surface area contributed by atoms with Crippen molar-refractivity contribution in [2.24, 2.45) is 44.3 Å². The molecule has 8 heteroatoms. The monoisotopic (exact) mass is 787 g/mol. The molecule has 7 aliphatic carbocycles. The number of rotatable bonds is 8.